The second kappa shape index (κ2) is 10.3. The van der Waals surface area contributed by atoms with Crippen molar-refractivity contribution in [3.8, 4) is 0 Å². The maximum atomic E-state index is 13.3. The first-order valence-corrected chi connectivity index (χ1v) is 11.6. The third kappa shape index (κ3) is 5.55. The lowest BCUT2D eigenvalue weighted by molar-refractivity contribution is -0.137. The van der Waals surface area contributed by atoms with Crippen LogP contribution in [0, 0.1) is 0 Å². The summed E-state index contributed by atoms with van der Waals surface area (Å²) in [6, 6.07) is 8.24. The molecule has 3 aromatic rings. The van der Waals surface area contributed by atoms with Crippen molar-refractivity contribution in [3.05, 3.63) is 85.4 Å². The highest BCUT2D eigenvalue weighted by Gasteiger charge is 2.31. The Morgan fingerprint density at radius 1 is 1.08 bits per heavy atom. The third-order valence-electron chi connectivity index (χ3n) is 5.67. The number of carbonyl (C=O) groups excluding carboxylic acids is 2. The fourth-order valence-corrected chi connectivity index (χ4v) is 4.25. The van der Waals surface area contributed by atoms with E-state index in [1.165, 1.54) is 34.9 Å². The number of pyridine rings is 2. The molecule has 188 valence electrons. The zero-order valence-electron chi connectivity index (χ0n) is 18.6. The van der Waals surface area contributed by atoms with Gasteiger partial charge in [0.2, 0.25) is 0 Å². The highest BCUT2D eigenvalue weighted by Crippen LogP contribution is 2.32. The fourth-order valence-electron chi connectivity index (χ4n) is 3.90. The summed E-state index contributed by atoms with van der Waals surface area (Å²) < 4.78 is 39.9. The maximum absolute atomic E-state index is 13.3. The molecule has 36 heavy (non-hydrogen) atoms. The average molecular weight is 539 g/mol. The second-order valence-corrected chi connectivity index (χ2v) is 8.94. The van der Waals surface area contributed by atoms with E-state index in [1.807, 2.05) is 0 Å². The molecule has 4 rings (SSSR count). The number of nitrogens with one attached hydrogen (secondary N) is 2. The van der Waals surface area contributed by atoms with Crippen LogP contribution in [0.15, 0.2) is 47.4 Å². The van der Waals surface area contributed by atoms with Gasteiger partial charge in [0.25, 0.3) is 11.5 Å². The molecule has 1 aliphatic carbocycles. The van der Waals surface area contributed by atoms with E-state index < -0.39 is 23.2 Å². The first-order chi connectivity index (χ1) is 17.0. The van der Waals surface area contributed by atoms with Crippen LogP contribution in [0.3, 0.4) is 0 Å². The van der Waals surface area contributed by atoms with Gasteiger partial charge in [-0.15, -0.1) is 0 Å². The van der Waals surface area contributed by atoms with E-state index in [0.29, 0.717) is 41.7 Å². The van der Waals surface area contributed by atoms with Gasteiger partial charge in [0.1, 0.15) is 11.5 Å². The van der Waals surface area contributed by atoms with Gasteiger partial charge in [0.15, 0.2) is 5.78 Å². The molecule has 1 aliphatic rings. The van der Waals surface area contributed by atoms with E-state index in [4.69, 9.17) is 23.2 Å². The number of carbonyl (C=O) groups is 2. The van der Waals surface area contributed by atoms with Gasteiger partial charge in [-0.25, -0.2) is 4.98 Å². The van der Waals surface area contributed by atoms with Crippen molar-refractivity contribution < 1.29 is 22.8 Å². The van der Waals surface area contributed by atoms with E-state index in [2.05, 4.69) is 15.6 Å². The molecule has 0 spiro atoms. The lowest BCUT2D eigenvalue weighted by Gasteiger charge is -2.22. The van der Waals surface area contributed by atoms with Crippen molar-refractivity contribution >= 4 is 46.4 Å². The summed E-state index contributed by atoms with van der Waals surface area (Å²) in [6.07, 6.45) is -2.54. The average Bonchev–Trinajstić information content (AvgIpc) is 2.82. The number of hydrogen-bond acceptors (Lipinski definition) is 5. The van der Waals surface area contributed by atoms with Crippen LogP contribution in [0.1, 0.15) is 44.8 Å². The van der Waals surface area contributed by atoms with Crippen molar-refractivity contribution in [2.75, 3.05) is 17.2 Å². The summed E-state index contributed by atoms with van der Waals surface area (Å²) in [5, 5.41) is 5.61. The number of amides is 1. The van der Waals surface area contributed by atoms with Crippen molar-refractivity contribution in [1.82, 2.24) is 9.55 Å². The molecule has 0 fully saturated rings. The Morgan fingerprint density at radius 2 is 1.81 bits per heavy atom. The Bertz CT molecular complexity index is 1390. The summed E-state index contributed by atoms with van der Waals surface area (Å²) in [7, 11) is 0. The highest BCUT2D eigenvalue weighted by molar-refractivity contribution is 6.33. The predicted molar refractivity (Wildman–Crippen MR) is 130 cm³/mol. The van der Waals surface area contributed by atoms with Crippen LogP contribution >= 0.6 is 23.2 Å². The van der Waals surface area contributed by atoms with Crippen LogP contribution < -0.4 is 16.2 Å². The number of halogens is 5. The van der Waals surface area contributed by atoms with Gasteiger partial charge in [-0.05, 0) is 49.2 Å². The molecule has 7 nitrogen and oxygen atoms in total. The smallest absolute Gasteiger partial charge is 0.367 e. The summed E-state index contributed by atoms with van der Waals surface area (Å²) in [6.45, 7) is 0.130. The van der Waals surface area contributed by atoms with Crippen molar-refractivity contribution in [2.45, 2.75) is 32.0 Å². The molecule has 1 aromatic carbocycles. The molecule has 0 aliphatic heterocycles. The third-order valence-corrected chi connectivity index (χ3v) is 6.21. The van der Waals surface area contributed by atoms with Gasteiger partial charge in [-0.3, -0.25) is 14.4 Å². The Kier molecular flexibility index (Phi) is 7.37. The molecule has 2 N–H and O–H groups in total. The van der Waals surface area contributed by atoms with Gasteiger partial charge in [-0.1, -0.05) is 23.2 Å². The molecule has 0 saturated carbocycles. The van der Waals surface area contributed by atoms with E-state index in [0.717, 1.165) is 6.07 Å². The van der Waals surface area contributed by atoms with Gasteiger partial charge < -0.3 is 15.2 Å². The normalized spacial score (nSPS) is 13.3. The lowest BCUT2D eigenvalue weighted by Crippen LogP contribution is -2.33. The minimum Gasteiger partial charge on any atom is -0.367 e. The Morgan fingerprint density at radius 3 is 2.47 bits per heavy atom. The molecule has 0 atom stereocenters. The second-order valence-electron chi connectivity index (χ2n) is 8.09. The highest BCUT2D eigenvalue weighted by atomic mass is 35.5. The number of nitrogens with zero attached hydrogens (tertiary/aromatic N) is 2. The molecular formula is C24H19Cl2F3N4O3. The largest absolute Gasteiger partial charge is 0.417 e. The van der Waals surface area contributed by atoms with Crippen molar-refractivity contribution in [3.63, 3.8) is 0 Å². The fraction of sp³-hybridized carbons (Fsp3) is 0.250. The molecule has 1 amide bonds. The van der Waals surface area contributed by atoms with Crippen LogP contribution in [0.2, 0.25) is 10.0 Å². The first-order valence-electron chi connectivity index (χ1n) is 10.9. The monoisotopic (exact) mass is 538 g/mol. The van der Waals surface area contributed by atoms with E-state index >= 15 is 0 Å². The topological polar surface area (TPSA) is 93.1 Å². The number of anilines is 2. The number of Topliss-reactive ketones (excluding diaryl/α,β-unsaturated/α-hetero) is 1. The molecule has 2 aromatic heterocycles. The van der Waals surface area contributed by atoms with Crippen molar-refractivity contribution in [2.24, 2.45) is 0 Å². The summed E-state index contributed by atoms with van der Waals surface area (Å²) in [5.41, 5.74) is -0.397. The maximum Gasteiger partial charge on any atom is 0.417 e. The molecule has 2 heterocycles. The molecular weight excluding hydrogens is 520 g/mol. The number of alkyl halides is 3. The SMILES string of the molecule is O=C(Nc1cc2c(n(CCNc3ncc(C(F)(F)F)cc3Cl)c1=O)CCCC2=O)c1ccc(Cl)cc1. The zero-order chi connectivity index (χ0) is 26.0. The molecule has 0 saturated heterocycles. The van der Waals surface area contributed by atoms with E-state index in [9.17, 15) is 27.6 Å². The van der Waals surface area contributed by atoms with Gasteiger partial charge in [-0.2, -0.15) is 13.2 Å². The molecule has 0 radical (unpaired) electrons. The van der Waals surface area contributed by atoms with Crippen LogP contribution in [0.4, 0.5) is 24.7 Å². The van der Waals surface area contributed by atoms with Gasteiger partial charge in [0, 0.05) is 47.6 Å². The predicted octanol–water partition coefficient (Wildman–Crippen LogP) is 5.45. The number of aromatic nitrogens is 2. The number of ketones is 1. The Labute approximate surface area is 213 Å². The van der Waals surface area contributed by atoms with Gasteiger partial charge >= 0.3 is 6.18 Å². The Hall–Kier alpha value is -3.37. The summed E-state index contributed by atoms with van der Waals surface area (Å²) >= 11 is 11.8. The van der Waals surface area contributed by atoms with Crippen LogP contribution in [0.25, 0.3) is 0 Å². The Balaban J connectivity index is 1.59. The van der Waals surface area contributed by atoms with E-state index in [-0.39, 0.29) is 41.0 Å². The van der Waals surface area contributed by atoms with Crippen LogP contribution in [0.5, 0.6) is 0 Å². The quantitative estimate of drug-likeness (QED) is 0.435. The molecule has 0 unspecified atom stereocenters. The first kappa shape index (κ1) is 25.7. The van der Waals surface area contributed by atoms with Crippen LogP contribution in [-0.4, -0.2) is 27.8 Å². The molecule has 12 heteroatoms. The standard InChI is InChI=1S/C24H19Cl2F3N4O3/c25-15-6-4-13(5-7-15)22(35)32-18-11-16-19(2-1-3-20(16)34)33(23(18)36)9-8-30-21-17(26)10-14(12-31-21)24(27,28)29/h4-7,10-12H,1-3,8-9H2,(H,30,31)(H,32,35). The minimum atomic E-state index is -4.58. The lowest BCUT2D eigenvalue weighted by atomic mass is 9.94. The minimum absolute atomic E-state index is 0.0230. The number of fused-ring (bicyclic) bond motifs is 1. The summed E-state index contributed by atoms with van der Waals surface area (Å²) in [5.74, 6) is -0.667. The zero-order valence-corrected chi connectivity index (χ0v) is 20.1. The molecule has 0 bridgehead atoms. The number of hydrogen-bond donors (Lipinski definition) is 2. The summed E-state index contributed by atoms with van der Waals surface area (Å²) in [4.78, 5) is 42.2. The van der Waals surface area contributed by atoms with Crippen LogP contribution in [-0.2, 0) is 19.1 Å². The van der Waals surface area contributed by atoms with E-state index in [1.54, 1.807) is 0 Å². The van der Waals surface area contributed by atoms with Gasteiger partial charge in [0.05, 0.1) is 10.6 Å². The van der Waals surface area contributed by atoms with Crippen molar-refractivity contribution in [1.29, 1.82) is 0 Å². The number of rotatable bonds is 6. The number of benzene rings is 1.